The lowest BCUT2D eigenvalue weighted by molar-refractivity contribution is -0.0418. The fourth-order valence-corrected chi connectivity index (χ4v) is 3.97. The maximum atomic E-state index is 5.84. The highest BCUT2D eigenvalue weighted by molar-refractivity contribution is 7.71. The second-order valence-corrected chi connectivity index (χ2v) is 7.07. The zero-order valence-corrected chi connectivity index (χ0v) is 12.8. The van der Waals surface area contributed by atoms with E-state index in [1.54, 1.807) is 17.7 Å². The number of rotatable bonds is 0. The number of hydrogen-bond donors (Lipinski definition) is 1. The summed E-state index contributed by atoms with van der Waals surface area (Å²) in [6.45, 7) is 4.81. The van der Waals surface area contributed by atoms with Crippen molar-refractivity contribution in [1.82, 2.24) is 15.0 Å². The van der Waals surface area contributed by atoms with E-state index >= 15 is 0 Å². The minimum atomic E-state index is -0.122. The molecule has 0 fully saturated rings. The SMILES string of the molecule is CC1(C)Cc2cc3c(nc2CO1)sc1c(=S)nc[nH]c13. The number of nitrogens with zero attached hydrogens (tertiary/aromatic N) is 2. The maximum Gasteiger partial charge on any atom is 0.147 e. The molecule has 4 heterocycles. The Hall–Kier alpha value is -1.37. The van der Waals surface area contributed by atoms with Gasteiger partial charge in [0.05, 0.1) is 34.4 Å². The topological polar surface area (TPSA) is 50.8 Å². The molecule has 3 aromatic heterocycles. The molecule has 1 aliphatic heterocycles. The number of ether oxygens (including phenoxy) is 1. The number of nitrogens with one attached hydrogen (secondary N) is 1. The van der Waals surface area contributed by atoms with Crippen LogP contribution in [-0.4, -0.2) is 20.6 Å². The van der Waals surface area contributed by atoms with Gasteiger partial charge in [-0.05, 0) is 25.5 Å². The number of pyridine rings is 1. The Kier molecular flexibility index (Phi) is 2.52. The third-order valence-corrected chi connectivity index (χ3v) is 5.20. The zero-order valence-electron chi connectivity index (χ0n) is 11.2. The quantitative estimate of drug-likeness (QED) is 0.643. The van der Waals surface area contributed by atoms with E-state index in [1.165, 1.54) is 5.56 Å². The summed E-state index contributed by atoms with van der Waals surface area (Å²) in [6, 6.07) is 2.23. The van der Waals surface area contributed by atoms with Crippen LogP contribution in [0.25, 0.3) is 20.4 Å². The molecule has 0 unspecified atom stereocenters. The smallest absolute Gasteiger partial charge is 0.147 e. The molecule has 0 saturated carbocycles. The van der Waals surface area contributed by atoms with Crippen molar-refractivity contribution < 1.29 is 4.74 Å². The number of hydrogen-bond acceptors (Lipinski definition) is 5. The largest absolute Gasteiger partial charge is 0.369 e. The molecule has 0 atom stereocenters. The van der Waals surface area contributed by atoms with Gasteiger partial charge in [0.2, 0.25) is 0 Å². The third kappa shape index (κ3) is 1.79. The molecule has 4 rings (SSSR count). The molecule has 0 aromatic carbocycles. The van der Waals surface area contributed by atoms with Gasteiger partial charge < -0.3 is 9.72 Å². The Morgan fingerprint density at radius 3 is 3.15 bits per heavy atom. The summed E-state index contributed by atoms with van der Waals surface area (Å²) < 4.78 is 7.48. The van der Waals surface area contributed by atoms with Gasteiger partial charge in [0, 0.05) is 11.8 Å². The van der Waals surface area contributed by atoms with Crippen molar-refractivity contribution in [3.05, 3.63) is 28.3 Å². The predicted octanol–water partition coefficient (Wildman–Crippen LogP) is 3.75. The van der Waals surface area contributed by atoms with Crippen LogP contribution in [0.1, 0.15) is 25.1 Å². The van der Waals surface area contributed by atoms with Crippen molar-refractivity contribution in [2.75, 3.05) is 0 Å². The predicted molar refractivity (Wildman–Crippen MR) is 82.7 cm³/mol. The first kappa shape index (κ1) is 12.4. The monoisotopic (exact) mass is 303 g/mol. The van der Waals surface area contributed by atoms with Crippen LogP contribution in [0.5, 0.6) is 0 Å². The first-order valence-corrected chi connectivity index (χ1v) is 7.69. The Morgan fingerprint density at radius 1 is 1.45 bits per heavy atom. The van der Waals surface area contributed by atoms with E-state index in [-0.39, 0.29) is 5.60 Å². The molecule has 20 heavy (non-hydrogen) atoms. The average Bonchev–Trinajstić information content (AvgIpc) is 2.75. The average molecular weight is 303 g/mol. The third-order valence-electron chi connectivity index (χ3n) is 3.65. The molecule has 0 spiro atoms. The molecule has 6 heteroatoms. The van der Waals surface area contributed by atoms with E-state index in [9.17, 15) is 0 Å². The Labute approximate surface area is 124 Å². The van der Waals surface area contributed by atoms with E-state index in [0.29, 0.717) is 11.2 Å². The van der Waals surface area contributed by atoms with Crippen LogP contribution >= 0.6 is 23.6 Å². The van der Waals surface area contributed by atoms with Gasteiger partial charge >= 0.3 is 0 Å². The van der Waals surface area contributed by atoms with Crippen molar-refractivity contribution >= 4 is 44.0 Å². The number of H-pyrrole nitrogens is 1. The van der Waals surface area contributed by atoms with Crippen molar-refractivity contribution in [3.63, 3.8) is 0 Å². The molecule has 1 N–H and O–H groups in total. The molecule has 0 bridgehead atoms. The van der Waals surface area contributed by atoms with Crippen molar-refractivity contribution in [2.24, 2.45) is 0 Å². The zero-order chi connectivity index (χ0) is 13.9. The standard InChI is InChI=1S/C14H13N3OS2/c1-14(2)4-7-3-8-10-11(12(19)16-6-15-10)20-13(8)17-9(7)5-18-14/h3,6H,4-5H2,1-2H3,(H,15,16,19). The molecule has 0 amide bonds. The highest BCUT2D eigenvalue weighted by atomic mass is 32.1. The second-order valence-electron chi connectivity index (χ2n) is 5.69. The summed E-state index contributed by atoms with van der Waals surface area (Å²) in [6.07, 6.45) is 2.54. The van der Waals surface area contributed by atoms with E-state index in [1.807, 2.05) is 0 Å². The van der Waals surface area contributed by atoms with Gasteiger partial charge in [-0.1, -0.05) is 12.2 Å². The molecule has 0 saturated heterocycles. The van der Waals surface area contributed by atoms with Crippen LogP contribution < -0.4 is 0 Å². The highest BCUT2D eigenvalue weighted by Crippen LogP contribution is 2.35. The normalized spacial score (nSPS) is 17.5. The summed E-state index contributed by atoms with van der Waals surface area (Å²) in [5.41, 5.74) is 3.24. The van der Waals surface area contributed by atoms with Gasteiger partial charge in [-0.2, -0.15) is 0 Å². The van der Waals surface area contributed by atoms with Gasteiger partial charge in [0.15, 0.2) is 0 Å². The number of thiophene rings is 1. The summed E-state index contributed by atoms with van der Waals surface area (Å²) in [4.78, 5) is 13.1. The highest BCUT2D eigenvalue weighted by Gasteiger charge is 2.27. The molecule has 102 valence electrons. The van der Waals surface area contributed by atoms with Crippen LogP contribution in [0.4, 0.5) is 0 Å². The second kappa shape index (κ2) is 4.07. The van der Waals surface area contributed by atoms with Gasteiger partial charge in [-0.25, -0.2) is 9.97 Å². The van der Waals surface area contributed by atoms with Crippen molar-refractivity contribution in [2.45, 2.75) is 32.5 Å². The number of aromatic nitrogens is 3. The fourth-order valence-electron chi connectivity index (χ4n) is 2.66. The van der Waals surface area contributed by atoms with Gasteiger partial charge in [-0.3, -0.25) is 0 Å². The minimum Gasteiger partial charge on any atom is -0.369 e. The van der Waals surface area contributed by atoms with Crippen LogP contribution in [0.2, 0.25) is 0 Å². The lowest BCUT2D eigenvalue weighted by atomic mass is 9.94. The molecular formula is C14H13N3OS2. The Morgan fingerprint density at radius 2 is 2.30 bits per heavy atom. The lowest BCUT2D eigenvalue weighted by Crippen LogP contribution is -2.32. The summed E-state index contributed by atoms with van der Waals surface area (Å²) >= 11 is 6.89. The van der Waals surface area contributed by atoms with Crippen LogP contribution in [0.3, 0.4) is 0 Å². The van der Waals surface area contributed by atoms with Crippen LogP contribution in [-0.2, 0) is 17.8 Å². The number of fused-ring (bicyclic) bond motifs is 4. The van der Waals surface area contributed by atoms with Crippen LogP contribution in [0.15, 0.2) is 12.4 Å². The van der Waals surface area contributed by atoms with Gasteiger partial charge in [-0.15, -0.1) is 11.3 Å². The van der Waals surface area contributed by atoms with Crippen molar-refractivity contribution in [1.29, 1.82) is 0 Å². The Balaban J connectivity index is 2.05. The minimum absolute atomic E-state index is 0.122. The van der Waals surface area contributed by atoms with Crippen LogP contribution in [0, 0.1) is 4.64 Å². The van der Waals surface area contributed by atoms with E-state index in [4.69, 9.17) is 21.9 Å². The first-order valence-electron chi connectivity index (χ1n) is 6.46. The molecule has 1 aliphatic rings. The fraction of sp³-hybridized carbons (Fsp3) is 0.357. The number of aromatic amines is 1. The van der Waals surface area contributed by atoms with Crippen molar-refractivity contribution in [3.8, 4) is 0 Å². The van der Waals surface area contributed by atoms with E-state index in [2.05, 4.69) is 29.9 Å². The Bertz CT molecular complexity index is 894. The molecular weight excluding hydrogens is 290 g/mol. The van der Waals surface area contributed by atoms with E-state index in [0.717, 1.165) is 32.5 Å². The molecule has 4 nitrogen and oxygen atoms in total. The summed E-state index contributed by atoms with van der Waals surface area (Å²) in [5, 5.41) is 1.13. The molecule has 0 aliphatic carbocycles. The molecule has 3 aromatic rings. The van der Waals surface area contributed by atoms with Gasteiger partial charge in [0.1, 0.15) is 9.47 Å². The first-order chi connectivity index (χ1) is 9.53. The summed E-state index contributed by atoms with van der Waals surface area (Å²) in [5.74, 6) is 0. The lowest BCUT2D eigenvalue weighted by Gasteiger charge is -2.31. The maximum absolute atomic E-state index is 5.84. The molecule has 0 radical (unpaired) electrons. The summed E-state index contributed by atoms with van der Waals surface area (Å²) in [7, 11) is 0. The van der Waals surface area contributed by atoms with Gasteiger partial charge in [0.25, 0.3) is 0 Å². The van der Waals surface area contributed by atoms with E-state index < -0.39 is 0 Å².